The van der Waals surface area contributed by atoms with Crippen LogP contribution in [0.3, 0.4) is 0 Å². The summed E-state index contributed by atoms with van der Waals surface area (Å²) in [5.74, 6) is 0.817. The maximum atomic E-state index is 13.1. The van der Waals surface area contributed by atoms with E-state index in [1.54, 1.807) is 18.2 Å². The highest BCUT2D eigenvalue weighted by atomic mass is 32.1. The Balaban J connectivity index is 1.34. The van der Waals surface area contributed by atoms with Gasteiger partial charge in [-0.05, 0) is 68.6 Å². The van der Waals surface area contributed by atoms with Gasteiger partial charge in [-0.2, -0.15) is 0 Å². The van der Waals surface area contributed by atoms with E-state index in [1.807, 2.05) is 25.7 Å². The molecule has 9 heteroatoms. The van der Waals surface area contributed by atoms with Crippen molar-refractivity contribution in [2.45, 2.75) is 65.9 Å². The van der Waals surface area contributed by atoms with Crippen LogP contribution in [0.4, 0.5) is 5.13 Å². The van der Waals surface area contributed by atoms with Gasteiger partial charge in [0.05, 0.1) is 11.8 Å². The van der Waals surface area contributed by atoms with Gasteiger partial charge in [0.15, 0.2) is 16.6 Å². The summed E-state index contributed by atoms with van der Waals surface area (Å²) in [5, 5.41) is 15.2. The Labute approximate surface area is 222 Å². The maximum Gasteiger partial charge on any atom is 0.257 e. The average molecular weight is 528 g/mol. The van der Waals surface area contributed by atoms with Crippen LogP contribution in [0, 0.1) is 23.2 Å². The molecule has 3 aliphatic rings. The van der Waals surface area contributed by atoms with Crippen molar-refractivity contribution < 1.29 is 24.2 Å². The Morgan fingerprint density at radius 1 is 1.27 bits per heavy atom. The van der Waals surface area contributed by atoms with Gasteiger partial charge in [0.25, 0.3) is 5.91 Å². The molecule has 8 nitrogen and oxygen atoms in total. The van der Waals surface area contributed by atoms with Crippen LogP contribution in [-0.2, 0) is 11.2 Å². The number of thiazole rings is 1. The first-order valence-corrected chi connectivity index (χ1v) is 14.2. The Morgan fingerprint density at radius 3 is 2.73 bits per heavy atom. The molecule has 1 saturated carbocycles. The molecular formula is C28H37N3O5S. The molecule has 200 valence electrons. The van der Waals surface area contributed by atoms with Crippen LogP contribution in [-0.4, -0.2) is 52.8 Å². The summed E-state index contributed by atoms with van der Waals surface area (Å²) in [6.07, 6.45) is 2.02. The number of amides is 2. The number of aromatic nitrogens is 1. The lowest BCUT2D eigenvalue weighted by atomic mass is 9.53. The number of nitrogens with one attached hydrogen (secondary N) is 1. The van der Waals surface area contributed by atoms with E-state index in [0.717, 1.165) is 25.0 Å². The van der Waals surface area contributed by atoms with Crippen molar-refractivity contribution in [2.24, 2.45) is 23.2 Å². The molecule has 37 heavy (non-hydrogen) atoms. The van der Waals surface area contributed by atoms with Crippen molar-refractivity contribution in [3.63, 3.8) is 0 Å². The van der Waals surface area contributed by atoms with Gasteiger partial charge in [-0.25, -0.2) is 4.98 Å². The van der Waals surface area contributed by atoms with E-state index < -0.39 is 6.10 Å². The van der Waals surface area contributed by atoms with Gasteiger partial charge >= 0.3 is 0 Å². The minimum Gasteiger partial charge on any atom is -0.454 e. The molecule has 6 atom stereocenters. The van der Waals surface area contributed by atoms with E-state index in [9.17, 15) is 14.7 Å². The van der Waals surface area contributed by atoms with Gasteiger partial charge in [0.2, 0.25) is 12.7 Å². The number of nitrogens with zero attached hydrogens (tertiary/aromatic N) is 2. The van der Waals surface area contributed by atoms with E-state index in [-0.39, 0.29) is 47.7 Å². The molecule has 2 heterocycles. The molecule has 2 aromatic rings. The predicted octanol–water partition coefficient (Wildman–Crippen LogP) is 4.68. The Bertz CT molecular complexity index is 1190. The number of carbonyl (C=O) groups excluding carboxylic acids is 2. The lowest BCUT2D eigenvalue weighted by Gasteiger charge is -2.53. The quantitative estimate of drug-likeness (QED) is 0.566. The highest BCUT2D eigenvalue weighted by molar-refractivity contribution is 7.15. The largest absolute Gasteiger partial charge is 0.454 e. The van der Waals surface area contributed by atoms with E-state index >= 15 is 0 Å². The predicted molar refractivity (Wildman–Crippen MR) is 142 cm³/mol. The summed E-state index contributed by atoms with van der Waals surface area (Å²) in [4.78, 5) is 33.9. The molecule has 1 aromatic heterocycles. The molecule has 1 aliphatic heterocycles. The number of anilines is 1. The van der Waals surface area contributed by atoms with Gasteiger partial charge in [-0.3, -0.25) is 14.9 Å². The van der Waals surface area contributed by atoms with E-state index in [0.29, 0.717) is 35.3 Å². The first-order valence-electron chi connectivity index (χ1n) is 13.3. The third-order valence-corrected chi connectivity index (χ3v) is 9.87. The topological polar surface area (TPSA) is 101 Å². The summed E-state index contributed by atoms with van der Waals surface area (Å²) in [6, 6.07) is 5.13. The minimum atomic E-state index is -0.579. The second-order valence-electron chi connectivity index (χ2n) is 11.0. The van der Waals surface area contributed by atoms with Crippen LogP contribution >= 0.6 is 11.3 Å². The van der Waals surface area contributed by atoms with Crippen molar-refractivity contribution in [2.75, 3.05) is 25.2 Å². The molecule has 2 N–H and O–H groups in total. The highest BCUT2D eigenvalue weighted by Gasteiger charge is 2.54. The fourth-order valence-electron chi connectivity index (χ4n) is 6.81. The molecule has 2 aliphatic carbocycles. The standard InChI is InChI=1S/C28H37N3O5S/c1-6-31(7-2)26(34)15(3)18-10-11-28(5)13-21-23(16(4)22(28)24(18)32)29-27(37-21)30-25(33)17-8-9-19-20(12-17)36-14-35-19/h8-9,12,15-16,18,22,24,32H,6-7,10-11,13-14H2,1-5H3,(H,29,30,33)/t15-,16-,18?,22+,24-,28-/m0/s1. The zero-order chi connectivity index (χ0) is 26.5. The molecule has 1 fully saturated rings. The number of carbonyl (C=O) groups is 2. The Morgan fingerprint density at radius 2 is 2.00 bits per heavy atom. The smallest absolute Gasteiger partial charge is 0.257 e. The summed E-state index contributed by atoms with van der Waals surface area (Å²) in [5.41, 5.74) is 1.36. The molecule has 1 unspecified atom stereocenters. The van der Waals surface area contributed by atoms with Crippen LogP contribution in [0.25, 0.3) is 0 Å². The van der Waals surface area contributed by atoms with Crippen LogP contribution < -0.4 is 14.8 Å². The van der Waals surface area contributed by atoms with Crippen molar-refractivity contribution in [3.8, 4) is 11.5 Å². The zero-order valence-electron chi connectivity index (χ0n) is 22.2. The fraction of sp³-hybridized carbons (Fsp3) is 0.607. The summed E-state index contributed by atoms with van der Waals surface area (Å²) in [7, 11) is 0. The number of hydrogen-bond acceptors (Lipinski definition) is 7. The number of hydrogen-bond donors (Lipinski definition) is 2. The van der Waals surface area contributed by atoms with E-state index in [1.165, 1.54) is 16.2 Å². The van der Waals surface area contributed by atoms with Crippen molar-refractivity contribution in [1.82, 2.24) is 9.88 Å². The number of aliphatic hydroxyl groups is 1. The molecule has 0 spiro atoms. The molecule has 5 rings (SSSR count). The van der Waals surface area contributed by atoms with E-state index in [2.05, 4.69) is 19.2 Å². The summed E-state index contributed by atoms with van der Waals surface area (Å²) < 4.78 is 10.7. The normalized spacial score (nSPS) is 28.7. The van der Waals surface area contributed by atoms with Crippen molar-refractivity contribution >= 4 is 28.3 Å². The number of fused-ring (bicyclic) bond motifs is 3. The van der Waals surface area contributed by atoms with Gasteiger partial charge in [0.1, 0.15) is 0 Å². The van der Waals surface area contributed by atoms with Crippen LogP contribution in [0.15, 0.2) is 18.2 Å². The number of benzene rings is 1. The number of aliphatic hydroxyl groups excluding tert-OH is 1. The SMILES string of the molecule is CCN(CC)C(=O)[C@@H](C)C1CC[C@@]2(C)Cc3sc(NC(=O)c4ccc5c(c4)OCO5)nc3[C@@H](C)[C@@H]2[C@H]1O. The highest BCUT2D eigenvalue weighted by Crippen LogP contribution is 2.57. The number of ether oxygens (including phenoxy) is 2. The third-order valence-electron chi connectivity index (χ3n) is 8.88. The van der Waals surface area contributed by atoms with Gasteiger partial charge in [0, 0.05) is 35.4 Å². The molecule has 1 aromatic carbocycles. The van der Waals surface area contributed by atoms with Crippen LogP contribution in [0.1, 0.15) is 74.3 Å². The first-order chi connectivity index (χ1) is 17.7. The fourth-order valence-corrected chi connectivity index (χ4v) is 8.07. The van der Waals surface area contributed by atoms with Gasteiger partial charge in [-0.15, -0.1) is 11.3 Å². The second-order valence-corrected chi connectivity index (χ2v) is 12.1. The van der Waals surface area contributed by atoms with Gasteiger partial charge in [-0.1, -0.05) is 20.8 Å². The molecule has 0 bridgehead atoms. The first kappa shape index (κ1) is 26.0. The minimum absolute atomic E-state index is 0.00483. The van der Waals surface area contributed by atoms with Crippen molar-refractivity contribution in [3.05, 3.63) is 34.3 Å². The monoisotopic (exact) mass is 527 g/mol. The van der Waals surface area contributed by atoms with Gasteiger partial charge < -0.3 is 19.5 Å². The van der Waals surface area contributed by atoms with E-state index in [4.69, 9.17) is 14.5 Å². The summed E-state index contributed by atoms with van der Waals surface area (Å²) >= 11 is 1.52. The lowest BCUT2D eigenvalue weighted by Crippen LogP contribution is -2.53. The Kier molecular flexibility index (Phi) is 6.96. The van der Waals surface area contributed by atoms with Crippen molar-refractivity contribution in [1.29, 1.82) is 0 Å². The zero-order valence-corrected chi connectivity index (χ0v) is 23.1. The van der Waals surface area contributed by atoms with Crippen LogP contribution in [0.2, 0.25) is 0 Å². The number of rotatable bonds is 6. The van der Waals surface area contributed by atoms with Crippen LogP contribution in [0.5, 0.6) is 11.5 Å². The molecule has 0 saturated heterocycles. The summed E-state index contributed by atoms with van der Waals surface area (Å²) in [6.45, 7) is 11.9. The third kappa shape index (κ3) is 4.50. The average Bonchev–Trinajstić information content (AvgIpc) is 3.50. The lowest BCUT2D eigenvalue weighted by molar-refractivity contribution is -0.144. The second kappa shape index (κ2) is 9.91. The molecular weight excluding hydrogens is 490 g/mol. The molecule has 2 amide bonds. The molecule has 0 radical (unpaired) electrons. The maximum absolute atomic E-state index is 13.1. The Hall–Kier alpha value is -2.65.